The Morgan fingerprint density at radius 1 is 1.14 bits per heavy atom. The van der Waals surface area contributed by atoms with Crippen molar-refractivity contribution in [3.8, 4) is 0 Å². The number of hydrogen-bond donors (Lipinski definition) is 0. The highest BCUT2D eigenvalue weighted by atomic mass is 32.1. The number of aromatic nitrogens is 6. The van der Waals surface area contributed by atoms with Crippen LogP contribution in [0.4, 0.5) is 13.2 Å². The third kappa shape index (κ3) is 4.03. The first kappa shape index (κ1) is 22.9. The molecule has 2 aliphatic rings. The standard InChI is InChI=1S/C25H29F3N6S/c1-4-24(2,3)15-7-8-16-18(11-15)35-23-21(16)22-30-20(32-34(22)13-29-23)9-10-33-17(14-5-6-14)12-19(31-33)25(26,27)28/h12-15H,4-11H2,1-3H3. The van der Waals surface area contributed by atoms with Gasteiger partial charge >= 0.3 is 6.18 Å². The molecular weight excluding hydrogens is 473 g/mol. The van der Waals surface area contributed by atoms with E-state index in [1.54, 1.807) is 22.2 Å². The lowest BCUT2D eigenvalue weighted by Crippen LogP contribution is -2.28. The normalized spacial score (nSPS) is 19.1. The van der Waals surface area contributed by atoms with E-state index < -0.39 is 11.9 Å². The van der Waals surface area contributed by atoms with Gasteiger partial charge in [0.15, 0.2) is 17.2 Å². The maximum Gasteiger partial charge on any atom is 0.435 e. The van der Waals surface area contributed by atoms with Gasteiger partial charge in [0.2, 0.25) is 0 Å². The van der Waals surface area contributed by atoms with Crippen molar-refractivity contribution in [2.75, 3.05) is 0 Å². The van der Waals surface area contributed by atoms with Crippen LogP contribution < -0.4 is 0 Å². The fourth-order valence-electron chi connectivity index (χ4n) is 5.34. The van der Waals surface area contributed by atoms with E-state index in [4.69, 9.17) is 4.98 Å². The monoisotopic (exact) mass is 502 g/mol. The number of rotatable bonds is 6. The third-order valence-corrected chi connectivity index (χ3v) is 9.25. The number of halogens is 3. The highest BCUT2D eigenvalue weighted by Gasteiger charge is 2.38. The van der Waals surface area contributed by atoms with Crippen molar-refractivity contribution in [3.05, 3.63) is 40.0 Å². The summed E-state index contributed by atoms with van der Waals surface area (Å²) in [6.07, 6.45) is 3.94. The summed E-state index contributed by atoms with van der Waals surface area (Å²) in [6.45, 7) is 7.32. The lowest BCUT2D eigenvalue weighted by atomic mass is 9.70. The minimum Gasteiger partial charge on any atom is -0.268 e. The Kier molecular flexibility index (Phi) is 5.25. The number of aryl methyl sites for hydroxylation is 3. The van der Waals surface area contributed by atoms with Crippen molar-refractivity contribution in [3.63, 3.8) is 0 Å². The molecule has 1 unspecified atom stereocenters. The molecule has 0 bridgehead atoms. The van der Waals surface area contributed by atoms with Crippen molar-refractivity contribution in [1.29, 1.82) is 0 Å². The minimum atomic E-state index is -4.43. The largest absolute Gasteiger partial charge is 0.435 e. The summed E-state index contributed by atoms with van der Waals surface area (Å²) >= 11 is 1.77. The quantitative estimate of drug-likeness (QED) is 0.314. The van der Waals surface area contributed by atoms with Gasteiger partial charge in [-0.05, 0) is 55.1 Å². The lowest BCUT2D eigenvalue weighted by Gasteiger charge is -2.36. The maximum atomic E-state index is 13.2. The molecule has 4 aromatic heterocycles. The molecule has 4 heterocycles. The zero-order valence-electron chi connectivity index (χ0n) is 20.2. The summed E-state index contributed by atoms with van der Waals surface area (Å²) in [7, 11) is 0. The molecule has 6 nitrogen and oxygen atoms in total. The Bertz CT molecular complexity index is 1410. The zero-order chi connectivity index (χ0) is 24.5. The van der Waals surface area contributed by atoms with Gasteiger partial charge in [0.25, 0.3) is 0 Å². The second kappa shape index (κ2) is 8.01. The van der Waals surface area contributed by atoms with Gasteiger partial charge in [-0.2, -0.15) is 18.3 Å². The first-order chi connectivity index (χ1) is 16.6. The van der Waals surface area contributed by atoms with E-state index in [1.807, 2.05) is 0 Å². The van der Waals surface area contributed by atoms with Crippen LogP contribution in [0.1, 0.15) is 80.0 Å². The molecule has 0 N–H and O–H groups in total. The maximum absolute atomic E-state index is 13.2. The van der Waals surface area contributed by atoms with Crippen LogP contribution in [0.25, 0.3) is 15.9 Å². The van der Waals surface area contributed by atoms with E-state index in [-0.39, 0.29) is 5.92 Å². The van der Waals surface area contributed by atoms with Crippen LogP contribution >= 0.6 is 11.3 Å². The first-order valence-corrected chi connectivity index (χ1v) is 13.2. The summed E-state index contributed by atoms with van der Waals surface area (Å²) in [6, 6.07) is 1.20. The smallest absolute Gasteiger partial charge is 0.268 e. The summed E-state index contributed by atoms with van der Waals surface area (Å²) < 4.78 is 42.9. The van der Waals surface area contributed by atoms with E-state index >= 15 is 0 Å². The van der Waals surface area contributed by atoms with Crippen molar-refractivity contribution in [2.24, 2.45) is 11.3 Å². The molecule has 1 fully saturated rings. The number of hydrogen-bond acceptors (Lipinski definition) is 5. The van der Waals surface area contributed by atoms with Crippen LogP contribution in [0.3, 0.4) is 0 Å². The van der Waals surface area contributed by atoms with Gasteiger partial charge in [-0.25, -0.2) is 14.5 Å². The van der Waals surface area contributed by atoms with E-state index in [0.29, 0.717) is 35.8 Å². The number of fused-ring (bicyclic) bond motifs is 5. The van der Waals surface area contributed by atoms with E-state index in [9.17, 15) is 13.2 Å². The molecule has 4 aromatic rings. The van der Waals surface area contributed by atoms with Crippen LogP contribution in [0.2, 0.25) is 0 Å². The van der Waals surface area contributed by atoms with Gasteiger partial charge in [-0.1, -0.05) is 27.2 Å². The van der Waals surface area contributed by atoms with Crippen LogP contribution in [0, 0.1) is 11.3 Å². The number of alkyl halides is 3. The van der Waals surface area contributed by atoms with E-state index in [1.165, 1.54) is 21.2 Å². The Morgan fingerprint density at radius 2 is 1.94 bits per heavy atom. The van der Waals surface area contributed by atoms with Crippen LogP contribution in [0.15, 0.2) is 12.4 Å². The summed E-state index contributed by atoms with van der Waals surface area (Å²) in [5.41, 5.74) is 2.32. The van der Waals surface area contributed by atoms with Crippen LogP contribution in [-0.2, 0) is 32.0 Å². The average molecular weight is 503 g/mol. The summed E-state index contributed by atoms with van der Waals surface area (Å²) in [5.74, 6) is 1.44. The Labute approximate surface area is 205 Å². The Hall–Kier alpha value is -2.49. The predicted molar refractivity (Wildman–Crippen MR) is 129 cm³/mol. The predicted octanol–water partition coefficient (Wildman–Crippen LogP) is 6.22. The molecule has 0 aromatic carbocycles. The minimum absolute atomic E-state index is 0.176. The molecule has 0 amide bonds. The van der Waals surface area contributed by atoms with Gasteiger partial charge < -0.3 is 0 Å². The number of thiophene rings is 1. The van der Waals surface area contributed by atoms with Crippen molar-refractivity contribution < 1.29 is 13.2 Å². The van der Waals surface area contributed by atoms with Crippen molar-refractivity contribution in [2.45, 2.75) is 84.4 Å². The molecule has 2 aliphatic carbocycles. The number of nitrogens with zero attached hydrogens (tertiary/aromatic N) is 6. The second-order valence-corrected chi connectivity index (χ2v) is 11.8. The van der Waals surface area contributed by atoms with Crippen LogP contribution in [-0.4, -0.2) is 29.4 Å². The molecule has 1 atom stereocenters. The summed E-state index contributed by atoms with van der Waals surface area (Å²) in [5, 5.41) is 9.56. The molecule has 1 saturated carbocycles. The topological polar surface area (TPSA) is 60.9 Å². The molecule has 186 valence electrons. The van der Waals surface area contributed by atoms with Gasteiger partial charge in [-0.15, -0.1) is 16.4 Å². The zero-order valence-corrected chi connectivity index (χ0v) is 21.0. The molecule has 35 heavy (non-hydrogen) atoms. The van der Waals surface area contributed by atoms with Gasteiger partial charge in [0.1, 0.15) is 11.2 Å². The Balaban J connectivity index is 1.29. The Morgan fingerprint density at radius 3 is 2.66 bits per heavy atom. The van der Waals surface area contributed by atoms with Gasteiger partial charge in [0, 0.05) is 29.5 Å². The highest BCUT2D eigenvalue weighted by molar-refractivity contribution is 7.19. The highest BCUT2D eigenvalue weighted by Crippen LogP contribution is 2.45. The van der Waals surface area contributed by atoms with E-state index in [0.717, 1.165) is 54.4 Å². The molecule has 0 saturated heterocycles. The SMILES string of the molecule is CCC(C)(C)C1CCc2c(sc3ncn4nc(CCn5nc(C(F)(F)F)cc5C5CC5)nc4c23)C1. The molecule has 0 spiro atoms. The molecule has 0 aliphatic heterocycles. The van der Waals surface area contributed by atoms with Gasteiger partial charge in [0.05, 0.1) is 5.39 Å². The molecule has 6 rings (SSSR count). The fourth-order valence-corrected chi connectivity index (χ4v) is 6.60. The second-order valence-electron chi connectivity index (χ2n) is 10.7. The lowest BCUT2D eigenvalue weighted by molar-refractivity contribution is -0.141. The molecule has 10 heteroatoms. The average Bonchev–Trinajstić information content (AvgIpc) is 3.26. The van der Waals surface area contributed by atoms with Crippen molar-refractivity contribution >= 4 is 27.2 Å². The molecule has 0 radical (unpaired) electrons. The summed E-state index contributed by atoms with van der Waals surface area (Å²) in [4.78, 5) is 11.9. The van der Waals surface area contributed by atoms with Crippen molar-refractivity contribution in [1.82, 2.24) is 29.4 Å². The molecular formula is C25H29F3N6S. The third-order valence-electron chi connectivity index (χ3n) is 8.09. The van der Waals surface area contributed by atoms with Crippen LogP contribution in [0.5, 0.6) is 0 Å². The van der Waals surface area contributed by atoms with Gasteiger partial charge in [-0.3, -0.25) is 4.68 Å². The van der Waals surface area contributed by atoms with E-state index in [2.05, 4.69) is 36.0 Å². The fraction of sp³-hybridized carbons (Fsp3) is 0.600. The first-order valence-electron chi connectivity index (χ1n) is 12.4.